The van der Waals surface area contributed by atoms with E-state index >= 15 is 0 Å². The lowest BCUT2D eigenvalue weighted by molar-refractivity contribution is 1.45. The van der Waals surface area contributed by atoms with Gasteiger partial charge in [0.05, 0.1) is 0 Å². The van der Waals surface area contributed by atoms with Gasteiger partial charge < -0.3 is 0 Å². The Balaban J connectivity index is 2.03. The van der Waals surface area contributed by atoms with Crippen LogP contribution in [-0.2, 0) is 0 Å². The first-order chi connectivity index (χ1) is 10.6. The van der Waals surface area contributed by atoms with Gasteiger partial charge in [-0.2, -0.15) is 0 Å². The molecule has 0 spiro atoms. The van der Waals surface area contributed by atoms with E-state index in [1.165, 1.54) is 21.6 Å². The minimum atomic E-state index is 0.650. The van der Waals surface area contributed by atoms with Gasteiger partial charge in [0, 0.05) is 14.9 Å². The van der Waals surface area contributed by atoms with Crippen molar-refractivity contribution < 1.29 is 0 Å². The van der Waals surface area contributed by atoms with Gasteiger partial charge in [0.1, 0.15) is 0 Å². The molecule has 0 saturated heterocycles. The van der Waals surface area contributed by atoms with Crippen LogP contribution >= 0.6 is 34.5 Å². The third-order valence-electron chi connectivity index (χ3n) is 3.50. The number of benzene rings is 2. The molecule has 0 fully saturated rings. The molecule has 1 heterocycles. The molecule has 22 heavy (non-hydrogen) atoms. The molecule has 1 aromatic heterocycles. The van der Waals surface area contributed by atoms with Gasteiger partial charge in [-0.1, -0.05) is 65.7 Å². The number of halogens is 2. The normalized spacial score (nSPS) is 11.2. The van der Waals surface area contributed by atoms with Crippen molar-refractivity contribution in [3.05, 3.63) is 80.6 Å². The van der Waals surface area contributed by atoms with Gasteiger partial charge in [-0.05, 0) is 52.8 Å². The Morgan fingerprint density at radius 3 is 2.55 bits per heavy atom. The largest absolute Gasteiger partial charge is 0.144 e. The minimum absolute atomic E-state index is 0.650. The topological polar surface area (TPSA) is 0 Å². The third kappa shape index (κ3) is 3.27. The zero-order valence-electron chi connectivity index (χ0n) is 12.0. The van der Waals surface area contributed by atoms with Crippen molar-refractivity contribution >= 4 is 46.7 Å². The molecule has 3 rings (SSSR count). The van der Waals surface area contributed by atoms with E-state index in [1.807, 2.05) is 18.2 Å². The fraction of sp³-hybridized carbons (Fsp3) is 0.0526. The lowest BCUT2D eigenvalue weighted by Crippen LogP contribution is -1.85. The summed E-state index contributed by atoms with van der Waals surface area (Å²) in [7, 11) is 0. The molecule has 3 heteroatoms. The Kier molecular flexibility index (Phi) is 4.68. The average Bonchev–Trinajstić information content (AvgIpc) is 3.01. The Bertz CT molecular complexity index is 817. The smallest absolute Gasteiger partial charge is 0.0493 e. The molecular weight excluding hydrogens is 331 g/mol. The highest BCUT2D eigenvalue weighted by Gasteiger charge is 2.06. The summed E-state index contributed by atoms with van der Waals surface area (Å²) in [4.78, 5) is 1.27. The first-order valence-electron chi connectivity index (χ1n) is 6.92. The molecule has 0 radical (unpaired) electrons. The highest BCUT2D eigenvalue weighted by Crippen LogP contribution is 2.32. The molecule has 0 atom stereocenters. The molecule has 0 aliphatic carbocycles. The van der Waals surface area contributed by atoms with Gasteiger partial charge in [0.25, 0.3) is 0 Å². The number of aryl methyl sites for hydroxylation is 1. The zero-order chi connectivity index (χ0) is 15.5. The summed E-state index contributed by atoms with van der Waals surface area (Å²) < 4.78 is 0. The van der Waals surface area contributed by atoms with Gasteiger partial charge in [0.2, 0.25) is 0 Å². The molecule has 0 aliphatic rings. The molecule has 0 N–H and O–H groups in total. The van der Waals surface area contributed by atoms with Crippen LogP contribution in [0.25, 0.3) is 22.6 Å². The van der Waals surface area contributed by atoms with Crippen LogP contribution in [0.1, 0.15) is 16.7 Å². The van der Waals surface area contributed by atoms with Gasteiger partial charge in [-0.15, -0.1) is 11.3 Å². The van der Waals surface area contributed by atoms with E-state index in [2.05, 4.69) is 48.7 Å². The molecule has 0 bridgehead atoms. The third-order valence-corrected chi connectivity index (χ3v) is 4.97. The van der Waals surface area contributed by atoms with Gasteiger partial charge in [0.15, 0.2) is 0 Å². The van der Waals surface area contributed by atoms with Crippen LogP contribution < -0.4 is 0 Å². The second-order valence-corrected chi connectivity index (χ2v) is 6.80. The Labute approximate surface area is 144 Å². The lowest BCUT2D eigenvalue weighted by Gasteiger charge is -2.08. The van der Waals surface area contributed by atoms with E-state index in [4.69, 9.17) is 23.2 Å². The van der Waals surface area contributed by atoms with Gasteiger partial charge >= 0.3 is 0 Å². The number of hydrogen-bond donors (Lipinski definition) is 0. The predicted molar refractivity (Wildman–Crippen MR) is 99.9 cm³/mol. The van der Waals surface area contributed by atoms with E-state index in [-0.39, 0.29) is 0 Å². The van der Waals surface area contributed by atoms with E-state index in [1.54, 1.807) is 17.4 Å². The molecule has 0 aliphatic heterocycles. The van der Waals surface area contributed by atoms with Crippen LogP contribution in [0, 0.1) is 6.92 Å². The van der Waals surface area contributed by atoms with Crippen molar-refractivity contribution in [2.24, 2.45) is 0 Å². The molecule has 0 saturated carbocycles. The van der Waals surface area contributed by atoms with Crippen molar-refractivity contribution in [3.8, 4) is 10.4 Å². The van der Waals surface area contributed by atoms with Gasteiger partial charge in [-0.3, -0.25) is 0 Å². The van der Waals surface area contributed by atoms with Gasteiger partial charge in [-0.25, -0.2) is 0 Å². The van der Waals surface area contributed by atoms with E-state index in [0.717, 1.165) is 5.56 Å². The number of thiophene rings is 1. The summed E-state index contributed by atoms with van der Waals surface area (Å²) in [5.74, 6) is 0. The first-order valence-corrected chi connectivity index (χ1v) is 8.55. The molecule has 0 nitrogen and oxygen atoms in total. The van der Waals surface area contributed by atoms with Crippen LogP contribution in [0.15, 0.2) is 53.9 Å². The lowest BCUT2D eigenvalue weighted by atomic mass is 9.99. The second-order valence-electron chi connectivity index (χ2n) is 5.01. The summed E-state index contributed by atoms with van der Waals surface area (Å²) in [5, 5.41) is 3.41. The Hall–Kier alpha value is -1.54. The first kappa shape index (κ1) is 15.4. The quantitative estimate of drug-likeness (QED) is 0.440. The number of rotatable bonds is 3. The molecule has 2 aromatic carbocycles. The van der Waals surface area contributed by atoms with Crippen LogP contribution in [-0.4, -0.2) is 0 Å². The van der Waals surface area contributed by atoms with Crippen molar-refractivity contribution in [3.63, 3.8) is 0 Å². The van der Waals surface area contributed by atoms with Crippen LogP contribution in [0.5, 0.6) is 0 Å². The summed E-state index contributed by atoms with van der Waals surface area (Å²) in [6.45, 7) is 2.13. The SMILES string of the molecule is Cc1cccc(-c2cccs2)c1/C=C/c1ccc(Cl)cc1Cl. The van der Waals surface area contributed by atoms with Crippen molar-refractivity contribution in [2.45, 2.75) is 6.92 Å². The summed E-state index contributed by atoms with van der Waals surface area (Å²) in [5.41, 5.74) is 4.67. The maximum absolute atomic E-state index is 6.24. The zero-order valence-corrected chi connectivity index (χ0v) is 14.3. The summed E-state index contributed by atoms with van der Waals surface area (Å²) >= 11 is 13.9. The van der Waals surface area contributed by atoms with Crippen molar-refractivity contribution in [1.29, 1.82) is 0 Å². The highest BCUT2D eigenvalue weighted by atomic mass is 35.5. The Morgan fingerprint density at radius 2 is 1.82 bits per heavy atom. The highest BCUT2D eigenvalue weighted by molar-refractivity contribution is 7.13. The summed E-state index contributed by atoms with van der Waals surface area (Å²) in [6, 6.07) is 16.1. The molecule has 0 amide bonds. The monoisotopic (exact) mass is 344 g/mol. The fourth-order valence-corrected chi connectivity index (χ4v) is 3.60. The van der Waals surface area contributed by atoms with E-state index < -0.39 is 0 Å². The minimum Gasteiger partial charge on any atom is -0.144 e. The van der Waals surface area contributed by atoms with Crippen molar-refractivity contribution in [2.75, 3.05) is 0 Å². The van der Waals surface area contributed by atoms with E-state index in [9.17, 15) is 0 Å². The van der Waals surface area contributed by atoms with E-state index in [0.29, 0.717) is 10.0 Å². The molecular formula is C19H14Cl2S. The van der Waals surface area contributed by atoms with Crippen LogP contribution in [0.2, 0.25) is 10.0 Å². The van der Waals surface area contributed by atoms with Crippen molar-refractivity contribution in [1.82, 2.24) is 0 Å². The second kappa shape index (κ2) is 6.70. The average molecular weight is 345 g/mol. The molecule has 0 unspecified atom stereocenters. The fourth-order valence-electron chi connectivity index (χ4n) is 2.36. The predicted octanol–water partition coefficient (Wildman–Crippen LogP) is 7.20. The van der Waals surface area contributed by atoms with Crippen LogP contribution in [0.4, 0.5) is 0 Å². The standard InChI is InChI=1S/C19H14Cl2S/c1-13-4-2-5-17(19-6-3-11-22-19)16(13)10-8-14-7-9-15(20)12-18(14)21/h2-12H,1H3/b10-8+. The summed E-state index contributed by atoms with van der Waals surface area (Å²) in [6.07, 6.45) is 4.16. The maximum Gasteiger partial charge on any atom is 0.0493 e. The van der Waals surface area contributed by atoms with Crippen LogP contribution in [0.3, 0.4) is 0 Å². The molecule has 3 aromatic rings. The Morgan fingerprint density at radius 1 is 0.955 bits per heavy atom. The molecule has 110 valence electrons. The number of hydrogen-bond acceptors (Lipinski definition) is 1. The maximum atomic E-state index is 6.24.